The molecule has 4 aliphatic heterocycles. The quantitative estimate of drug-likeness (QED) is 0.238. The molecule has 2 amide bonds. The molecule has 6 atom stereocenters. The van der Waals surface area contributed by atoms with Gasteiger partial charge >= 0.3 is 5.97 Å². The number of rotatable bonds is 6. The highest BCUT2D eigenvalue weighted by atomic mass is 32.2. The number of thioether (sulfide) groups is 1. The number of nitrogens with one attached hydrogen (secondary N) is 2. The highest BCUT2D eigenvalue weighted by Crippen LogP contribution is 2.51. The van der Waals surface area contributed by atoms with Gasteiger partial charge in [-0.05, 0) is 13.3 Å². The number of hydrogen-bond donors (Lipinski definition) is 4. The first-order valence-electron chi connectivity index (χ1n) is 10.7. The van der Waals surface area contributed by atoms with Crippen molar-refractivity contribution in [2.75, 3.05) is 32.7 Å². The van der Waals surface area contributed by atoms with Crippen LogP contribution >= 0.6 is 11.8 Å². The van der Waals surface area contributed by atoms with Gasteiger partial charge in [-0.2, -0.15) is 0 Å². The summed E-state index contributed by atoms with van der Waals surface area (Å²) >= 11 is 1.45. The van der Waals surface area contributed by atoms with E-state index in [0.29, 0.717) is 44.0 Å². The molecule has 11 heteroatoms. The van der Waals surface area contributed by atoms with Gasteiger partial charge in [0.1, 0.15) is 5.70 Å². The van der Waals surface area contributed by atoms with Crippen LogP contribution in [0.25, 0.3) is 0 Å². The Morgan fingerprint density at radius 3 is 2.55 bits per heavy atom. The topological polar surface area (TPSA) is 137 Å². The summed E-state index contributed by atoms with van der Waals surface area (Å²) in [5, 5.41) is 30.4. The van der Waals surface area contributed by atoms with Crippen molar-refractivity contribution in [3.8, 4) is 0 Å². The van der Waals surface area contributed by atoms with Crippen LogP contribution in [-0.4, -0.2) is 105 Å². The van der Waals surface area contributed by atoms with Gasteiger partial charge in [-0.25, -0.2) is 4.79 Å². The molecule has 4 heterocycles. The predicted molar refractivity (Wildman–Crippen MR) is 114 cm³/mol. The third kappa shape index (κ3) is 3.72. The van der Waals surface area contributed by atoms with E-state index in [4.69, 9.17) is 5.41 Å². The number of amides is 2. The molecule has 4 N–H and O–H groups in total. The summed E-state index contributed by atoms with van der Waals surface area (Å²) in [4.78, 5) is 43.0. The molecule has 5 unspecified atom stereocenters. The molecule has 10 nitrogen and oxygen atoms in total. The van der Waals surface area contributed by atoms with E-state index in [-0.39, 0.29) is 40.8 Å². The third-order valence-corrected chi connectivity index (χ3v) is 8.31. The number of β-lactam (4-membered cyclic amide) rings is 1. The molecule has 3 saturated heterocycles. The van der Waals surface area contributed by atoms with Crippen molar-refractivity contribution in [1.29, 1.82) is 5.41 Å². The summed E-state index contributed by atoms with van der Waals surface area (Å²) in [6.45, 7) is 6.56. The molecule has 0 aliphatic carbocycles. The van der Waals surface area contributed by atoms with Crippen LogP contribution in [0.1, 0.15) is 20.3 Å². The maximum Gasteiger partial charge on any atom is 0.353 e. The fraction of sp³-hybridized carbons (Fsp3) is 0.700. The molecule has 0 spiro atoms. The second-order valence-corrected chi connectivity index (χ2v) is 10.0. The first-order chi connectivity index (χ1) is 14.7. The van der Waals surface area contributed by atoms with Crippen molar-refractivity contribution in [2.24, 2.45) is 11.8 Å². The van der Waals surface area contributed by atoms with Crippen LogP contribution in [0, 0.1) is 17.2 Å². The smallest absolute Gasteiger partial charge is 0.353 e. The largest absolute Gasteiger partial charge is 0.477 e. The van der Waals surface area contributed by atoms with E-state index in [2.05, 4.69) is 5.32 Å². The molecule has 0 bridgehead atoms. The van der Waals surface area contributed by atoms with E-state index in [1.165, 1.54) is 23.0 Å². The number of aliphatic carboxylic acids is 1. The number of fused-ring (bicyclic) bond motifs is 1. The second-order valence-electron chi connectivity index (χ2n) is 8.70. The van der Waals surface area contributed by atoms with Gasteiger partial charge < -0.3 is 30.2 Å². The molecule has 4 rings (SSSR count). The number of aliphatic hydroxyl groups excluding tert-OH is 1. The van der Waals surface area contributed by atoms with Crippen LogP contribution in [0.15, 0.2) is 10.6 Å². The lowest BCUT2D eigenvalue weighted by molar-refractivity contribution is -0.163. The van der Waals surface area contributed by atoms with Crippen LogP contribution in [0.5, 0.6) is 0 Å². The summed E-state index contributed by atoms with van der Waals surface area (Å²) in [7, 11) is 0. The van der Waals surface area contributed by atoms with Crippen LogP contribution in [0.4, 0.5) is 0 Å². The van der Waals surface area contributed by atoms with E-state index in [1.807, 2.05) is 16.7 Å². The number of aliphatic hydroxyl groups is 1. The van der Waals surface area contributed by atoms with Gasteiger partial charge in [0.05, 0.1) is 30.4 Å². The zero-order valence-corrected chi connectivity index (χ0v) is 18.5. The third-order valence-electron chi connectivity index (χ3n) is 6.80. The average Bonchev–Trinajstić information content (AvgIpc) is 3.29. The Bertz CT molecular complexity index is 825. The van der Waals surface area contributed by atoms with Crippen molar-refractivity contribution in [3.05, 3.63) is 10.6 Å². The van der Waals surface area contributed by atoms with Gasteiger partial charge in [0, 0.05) is 48.8 Å². The van der Waals surface area contributed by atoms with Gasteiger partial charge in [-0.15, -0.1) is 11.8 Å². The summed E-state index contributed by atoms with van der Waals surface area (Å²) < 4.78 is 0. The molecule has 170 valence electrons. The van der Waals surface area contributed by atoms with Gasteiger partial charge in [0.15, 0.2) is 0 Å². The number of carbonyl (C=O) groups is 3. The zero-order valence-electron chi connectivity index (χ0n) is 17.7. The number of piperazine rings is 1. The van der Waals surface area contributed by atoms with E-state index in [9.17, 15) is 24.6 Å². The Kier molecular flexibility index (Phi) is 6.01. The first-order valence-corrected chi connectivity index (χ1v) is 11.5. The molecule has 0 aromatic rings. The SMILES string of the molecule is CC(O)C1C(=O)N2C(C(=O)O)=C(SC3CNC(C(=O)N4CCN(C=N)CC4)C3)C(C)[C@H]12. The Morgan fingerprint density at radius 2 is 1.97 bits per heavy atom. The molecule has 4 aliphatic rings. The number of carboxylic acid groups (broad SMARTS) is 1. The molecular weight excluding hydrogens is 422 g/mol. The number of carbonyl (C=O) groups excluding carboxylic acids is 2. The lowest BCUT2D eigenvalue weighted by Gasteiger charge is -2.46. The van der Waals surface area contributed by atoms with Crippen molar-refractivity contribution in [1.82, 2.24) is 20.0 Å². The minimum absolute atomic E-state index is 0.0296. The van der Waals surface area contributed by atoms with E-state index >= 15 is 0 Å². The van der Waals surface area contributed by atoms with Crippen molar-refractivity contribution in [2.45, 2.75) is 43.7 Å². The number of nitrogens with zero attached hydrogens (tertiary/aromatic N) is 3. The standard InChI is InChI=1S/C20H29N5O5S/c1-10-15-14(11(2)26)19(28)25(15)16(20(29)30)17(10)31-12-7-13(22-8-12)18(27)24-5-3-23(9-21)4-6-24/h9-15,21-22,26H,3-8H2,1-2H3,(H,29,30)/t10?,11?,12?,13?,14?,15-/m1/s1. The lowest BCUT2D eigenvalue weighted by Crippen LogP contribution is -2.63. The number of hydrogen-bond acceptors (Lipinski definition) is 7. The summed E-state index contributed by atoms with van der Waals surface area (Å²) in [5.41, 5.74) is 0.0296. The van der Waals surface area contributed by atoms with Gasteiger partial charge in [0.25, 0.3) is 0 Å². The Labute approximate surface area is 185 Å². The fourth-order valence-electron chi connectivity index (χ4n) is 5.13. The van der Waals surface area contributed by atoms with Crippen molar-refractivity contribution < 1.29 is 24.6 Å². The van der Waals surface area contributed by atoms with Crippen LogP contribution < -0.4 is 5.32 Å². The minimum Gasteiger partial charge on any atom is -0.477 e. The maximum absolute atomic E-state index is 12.9. The lowest BCUT2D eigenvalue weighted by atomic mass is 9.79. The normalized spacial score (nSPS) is 34.0. The second kappa shape index (κ2) is 8.44. The highest BCUT2D eigenvalue weighted by Gasteiger charge is 2.60. The summed E-state index contributed by atoms with van der Waals surface area (Å²) in [6, 6.07) is -0.628. The molecule has 0 aromatic carbocycles. The van der Waals surface area contributed by atoms with Gasteiger partial charge in [-0.3, -0.25) is 15.0 Å². The van der Waals surface area contributed by atoms with Crippen molar-refractivity contribution in [3.63, 3.8) is 0 Å². The average molecular weight is 452 g/mol. The van der Waals surface area contributed by atoms with Gasteiger partial charge in [0.2, 0.25) is 11.8 Å². The molecule has 31 heavy (non-hydrogen) atoms. The van der Waals surface area contributed by atoms with E-state index < -0.39 is 18.0 Å². The van der Waals surface area contributed by atoms with Crippen LogP contribution in [0.3, 0.4) is 0 Å². The van der Waals surface area contributed by atoms with E-state index in [0.717, 1.165) is 0 Å². The maximum atomic E-state index is 12.9. The molecule has 0 aromatic heterocycles. The predicted octanol–water partition coefficient (Wildman–Crippen LogP) is -0.645. The first kappa shape index (κ1) is 22.1. The fourth-order valence-corrected chi connectivity index (χ4v) is 6.61. The Morgan fingerprint density at radius 1 is 1.29 bits per heavy atom. The molecule has 0 saturated carbocycles. The summed E-state index contributed by atoms with van der Waals surface area (Å²) in [6.07, 6.45) is 1.07. The molecule has 0 radical (unpaired) electrons. The molecule has 3 fully saturated rings. The Hall–Kier alpha value is -2.11. The summed E-state index contributed by atoms with van der Waals surface area (Å²) in [5.74, 6) is -2.15. The number of carboxylic acids is 1. The van der Waals surface area contributed by atoms with Crippen molar-refractivity contribution >= 4 is 35.9 Å². The van der Waals surface area contributed by atoms with Gasteiger partial charge in [-0.1, -0.05) is 6.92 Å². The highest BCUT2D eigenvalue weighted by molar-refractivity contribution is 8.03. The minimum atomic E-state index is -1.13. The van der Waals surface area contributed by atoms with Crippen LogP contribution in [-0.2, 0) is 14.4 Å². The zero-order chi connectivity index (χ0) is 22.4. The van der Waals surface area contributed by atoms with E-state index in [1.54, 1.807) is 6.92 Å². The Balaban J connectivity index is 1.42. The van der Waals surface area contributed by atoms with Crippen LogP contribution in [0.2, 0.25) is 0 Å². The molecular formula is C20H29N5O5S. The monoisotopic (exact) mass is 451 g/mol.